The Balaban J connectivity index is 1.20. The van der Waals surface area contributed by atoms with Crippen LogP contribution in [0, 0.1) is 6.92 Å². The van der Waals surface area contributed by atoms with Gasteiger partial charge in [-0.05, 0) is 37.5 Å². The predicted molar refractivity (Wildman–Crippen MR) is 131 cm³/mol. The first-order valence-electron chi connectivity index (χ1n) is 11.3. The average Bonchev–Trinajstić information content (AvgIpc) is 3.37. The van der Waals surface area contributed by atoms with Crippen LogP contribution in [-0.2, 0) is 5.60 Å². The van der Waals surface area contributed by atoms with Gasteiger partial charge in [0.25, 0.3) is 5.91 Å². The molecule has 0 aliphatic carbocycles. The van der Waals surface area contributed by atoms with Crippen LogP contribution in [0.15, 0.2) is 83.5 Å². The molecule has 7 heteroatoms. The molecule has 1 aliphatic heterocycles. The van der Waals surface area contributed by atoms with E-state index in [0.29, 0.717) is 37.4 Å². The quantitative estimate of drug-likeness (QED) is 0.451. The lowest BCUT2D eigenvalue weighted by atomic mass is 9.84. The molecule has 2 N–H and O–H groups in total. The number of aliphatic hydroxyl groups is 1. The van der Waals surface area contributed by atoms with Crippen LogP contribution in [0.4, 0.5) is 11.5 Å². The maximum atomic E-state index is 12.6. The fourth-order valence-electron chi connectivity index (χ4n) is 4.22. The van der Waals surface area contributed by atoms with Gasteiger partial charge in [0.1, 0.15) is 5.82 Å². The van der Waals surface area contributed by atoms with Crippen LogP contribution >= 0.6 is 0 Å². The molecule has 1 aliphatic rings. The molecule has 1 fully saturated rings. The number of pyridine rings is 1. The van der Waals surface area contributed by atoms with Crippen LogP contribution in [0.1, 0.15) is 34.5 Å². The third-order valence-corrected chi connectivity index (χ3v) is 6.31. The Bertz CT molecular complexity index is 1260. The second kappa shape index (κ2) is 9.11. The molecule has 34 heavy (non-hydrogen) atoms. The highest BCUT2D eigenvalue weighted by Gasteiger charge is 2.34. The fraction of sp³-hybridized carbons (Fsp3) is 0.222. The van der Waals surface area contributed by atoms with Gasteiger partial charge in [0.15, 0.2) is 11.5 Å². The summed E-state index contributed by atoms with van der Waals surface area (Å²) in [6.07, 6.45) is 2.89. The molecule has 0 saturated carbocycles. The van der Waals surface area contributed by atoms with Gasteiger partial charge in [-0.1, -0.05) is 65.3 Å². The molecule has 5 rings (SSSR count). The molecular formula is C27H26N4O3. The second-order valence-electron chi connectivity index (χ2n) is 8.69. The van der Waals surface area contributed by atoms with Crippen molar-refractivity contribution in [2.75, 3.05) is 23.3 Å². The number of aromatic nitrogens is 2. The molecule has 7 nitrogen and oxygen atoms in total. The highest BCUT2D eigenvalue weighted by Crippen LogP contribution is 2.34. The van der Waals surface area contributed by atoms with Crippen LogP contribution in [0.3, 0.4) is 0 Å². The smallest absolute Gasteiger partial charge is 0.277 e. The number of nitrogens with zero attached hydrogens (tertiary/aromatic N) is 3. The van der Waals surface area contributed by atoms with Crippen molar-refractivity contribution in [2.24, 2.45) is 0 Å². The van der Waals surface area contributed by atoms with Crippen LogP contribution in [0.2, 0.25) is 0 Å². The monoisotopic (exact) mass is 454 g/mol. The van der Waals surface area contributed by atoms with Gasteiger partial charge in [0.2, 0.25) is 0 Å². The summed E-state index contributed by atoms with van der Waals surface area (Å²) in [4.78, 5) is 19.3. The lowest BCUT2D eigenvalue weighted by Gasteiger charge is -2.39. The van der Waals surface area contributed by atoms with Gasteiger partial charge < -0.3 is 19.8 Å². The number of rotatable bonds is 5. The maximum Gasteiger partial charge on any atom is 0.277 e. The van der Waals surface area contributed by atoms with Crippen LogP contribution in [-0.4, -0.2) is 34.2 Å². The normalized spacial score (nSPS) is 15.2. The van der Waals surface area contributed by atoms with E-state index >= 15 is 0 Å². The molecule has 2 aromatic carbocycles. The third kappa shape index (κ3) is 4.56. The summed E-state index contributed by atoms with van der Waals surface area (Å²) in [5.74, 6) is 0.998. The van der Waals surface area contributed by atoms with E-state index in [9.17, 15) is 9.90 Å². The van der Waals surface area contributed by atoms with Crippen molar-refractivity contribution in [3.63, 3.8) is 0 Å². The highest BCUT2D eigenvalue weighted by molar-refractivity contribution is 6.03. The molecule has 1 amide bonds. The number of anilines is 2. The minimum Gasteiger partial charge on any atom is -0.385 e. The van der Waals surface area contributed by atoms with E-state index in [-0.39, 0.29) is 11.6 Å². The summed E-state index contributed by atoms with van der Waals surface area (Å²) in [5.41, 5.74) is 2.94. The van der Waals surface area contributed by atoms with Crippen LogP contribution < -0.4 is 10.2 Å². The zero-order chi connectivity index (χ0) is 23.5. The molecule has 0 atom stereocenters. The molecular weight excluding hydrogens is 428 g/mol. The first kappa shape index (κ1) is 21.9. The molecule has 0 bridgehead atoms. The predicted octanol–water partition coefficient (Wildman–Crippen LogP) is 4.79. The number of nitrogens with one attached hydrogen (secondary N) is 1. The molecule has 1 saturated heterocycles. The van der Waals surface area contributed by atoms with Gasteiger partial charge in [-0.3, -0.25) is 4.79 Å². The topological polar surface area (TPSA) is 91.5 Å². The van der Waals surface area contributed by atoms with Crippen molar-refractivity contribution in [2.45, 2.75) is 25.4 Å². The Kier molecular flexibility index (Phi) is 5.86. The summed E-state index contributed by atoms with van der Waals surface area (Å²) in [6.45, 7) is 3.41. The van der Waals surface area contributed by atoms with Gasteiger partial charge in [0, 0.05) is 24.7 Å². The summed E-state index contributed by atoms with van der Waals surface area (Å²) >= 11 is 0. The Morgan fingerprint density at radius 1 is 1.03 bits per heavy atom. The van der Waals surface area contributed by atoms with Crippen molar-refractivity contribution < 1.29 is 14.4 Å². The van der Waals surface area contributed by atoms with Gasteiger partial charge in [0.05, 0.1) is 17.5 Å². The molecule has 2 aromatic heterocycles. The van der Waals surface area contributed by atoms with Gasteiger partial charge >= 0.3 is 0 Å². The average molecular weight is 455 g/mol. The molecule has 0 spiro atoms. The van der Waals surface area contributed by atoms with E-state index < -0.39 is 5.60 Å². The number of carbonyl (C=O) groups is 1. The SMILES string of the molecule is Cc1ccc(-c2cc(C(=O)Nc3ccc(N4CCC(O)(c5ccccc5)CC4)nc3)no2)cc1. The number of hydrogen-bond donors (Lipinski definition) is 2. The minimum atomic E-state index is -0.805. The molecule has 0 radical (unpaired) electrons. The number of hydrogen-bond acceptors (Lipinski definition) is 6. The lowest BCUT2D eigenvalue weighted by Crippen LogP contribution is -2.42. The van der Waals surface area contributed by atoms with Gasteiger partial charge in [-0.25, -0.2) is 4.98 Å². The Morgan fingerprint density at radius 3 is 2.44 bits per heavy atom. The van der Waals surface area contributed by atoms with Gasteiger partial charge in [-0.15, -0.1) is 0 Å². The first-order valence-corrected chi connectivity index (χ1v) is 11.3. The van der Waals surface area contributed by atoms with Crippen LogP contribution in [0.25, 0.3) is 11.3 Å². The highest BCUT2D eigenvalue weighted by atomic mass is 16.5. The van der Waals surface area contributed by atoms with E-state index in [1.807, 2.05) is 73.7 Å². The van der Waals surface area contributed by atoms with E-state index in [0.717, 1.165) is 22.5 Å². The maximum absolute atomic E-state index is 12.6. The fourth-order valence-corrected chi connectivity index (χ4v) is 4.22. The number of benzene rings is 2. The van der Waals surface area contributed by atoms with Crippen molar-refractivity contribution in [1.82, 2.24) is 10.1 Å². The summed E-state index contributed by atoms with van der Waals surface area (Å²) in [5, 5.41) is 17.8. The Hall–Kier alpha value is -3.97. The lowest BCUT2D eigenvalue weighted by molar-refractivity contribution is 0.0116. The number of amides is 1. The zero-order valence-electron chi connectivity index (χ0n) is 18.9. The summed E-state index contributed by atoms with van der Waals surface area (Å²) in [7, 11) is 0. The zero-order valence-corrected chi connectivity index (χ0v) is 18.9. The number of piperidine rings is 1. The largest absolute Gasteiger partial charge is 0.385 e. The Labute approximate surface area is 198 Å². The molecule has 3 heterocycles. The summed E-state index contributed by atoms with van der Waals surface area (Å²) in [6, 6.07) is 23.0. The molecule has 172 valence electrons. The van der Waals surface area contributed by atoms with Gasteiger partial charge in [-0.2, -0.15) is 0 Å². The third-order valence-electron chi connectivity index (χ3n) is 6.31. The Morgan fingerprint density at radius 2 is 1.76 bits per heavy atom. The number of aryl methyl sites for hydroxylation is 1. The second-order valence-corrected chi connectivity index (χ2v) is 8.69. The van der Waals surface area contributed by atoms with Crippen molar-refractivity contribution >= 4 is 17.4 Å². The van der Waals surface area contributed by atoms with Crippen LogP contribution in [0.5, 0.6) is 0 Å². The van der Waals surface area contributed by atoms with E-state index in [4.69, 9.17) is 4.52 Å². The van der Waals surface area contributed by atoms with E-state index in [2.05, 4.69) is 20.4 Å². The first-order chi connectivity index (χ1) is 16.5. The number of carbonyl (C=O) groups excluding carboxylic acids is 1. The summed E-state index contributed by atoms with van der Waals surface area (Å²) < 4.78 is 5.34. The van der Waals surface area contributed by atoms with Crippen molar-refractivity contribution in [3.05, 3.63) is 95.8 Å². The van der Waals surface area contributed by atoms with Crippen molar-refractivity contribution in [1.29, 1.82) is 0 Å². The standard InChI is InChI=1S/C27H26N4O3/c1-19-7-9-20(10-8-19)24-17-23(30-34-24)26(32)29-22-11-12-25(28-18-22)31-15-13-27(33,14-16-31)21-5-3-2-4-6-21/h2-12,17-18,33H,13-16H2,1H3,(H,29,32). The molecule has 4 aromatic rings. The van der Waals surface area contributed by atoms with E-state index in [1.54, 1.807) is 12.3 Å². The van der Waals surface area contributed by atoms with E-state index in [1.165, 1.54) is 0 Å². The molecule has 0 unspecified atom stereocenters. The minimum absolute atomic E-state index is 0.205. The van der Waals surface area contributed by atoms with Crippen molar-refractivity contribution in [3.8, 4) is 11.3 Å².